The molecule has 1 aromatic heterocycles. The number of halogens is 1. The van der Waals surface area contributed by atoms with Gasteiger partial charge >= 0.3 is 5.97 Å². The second-order valence-corrected chi connectivity index (χ2v) is 5.13. The molecule has 1 aromatic carbocycles. The molecule has 116 valence electrons. The van der Waals surface area contributed by atoms with Gasteiger partial charge in [-0.05, 0) is 25.5 Å². The first-order chi connectivity index (χ1) is 10.5. The predicted molar refractivity (Wildman–Crippen MR) is 79.5 cm³/mol. The highest BCUT2D eigenvalue weighted by Gasteiger charge is 2.17. The molecular weight excluding hydrogens is 308 g/mol. The lowest BCUT2D eigenvalue weighted by Crippen LogP contribution is -2.31. The maximum Gasteiger partial charge on any atom is 0.377 e. The number of rotatable bonds is 5. The number of nitrogens with one attached hydrogen (secondary N) is 1. The molecule has 0 aliphatic carbocycles. The van der Waals surface area contributed by atoms with Gasteiger partial charge in [0.2, 0.25) is 5.76 Å². The third-order valence-corrected chi connectivity index (χ3v) is 3.26. The molecule has 6 nitrogen and oxygen atoms in total. The summed E-state index contributed by atoms with van der Waals surface area (Å²) in [6, 6.07) is 8.33. The van der Waals surface area contributed by atoms with Gasteiger partial charge in [0.15, 0.2) is 6.61 Å². The van der Waals surface area contributed by atoms with Crippen molar-refractivity contribution in [3.05, 3.63) is 52.4 Å². The molecule has 1 N–H and O–H groups in total. The van der Waals surface area contributed by atoms with Crippen molar-refractivity contribution < 1.29 is 18.8 Å². The molecule has 0 saturated heterocycles. The Kier molecular flexibility index (Phi) is 5.16. The lowest BCUT2D eigenvalue weighted by molar-refractivity contribution is -0.124. The number of carbonyl (C=O) groups is 2. The highest BCUT2D eigenvalue weighted by atomic mass is 35.5. The SMILES string of the molecule is Cc1cc(C(=O)OCC(=O)N[C@@H](C)c2ccccc2Cl)on1. The highest BCUT2D eigenvalue weighted by Crippen LogP contribution is 2.21. The van der Waals surface area contributed by atoms with Crippen molar-refractivity contribution in [1.29, 1.82) is 0 Å². The minimum absolute atomic E-state index is 0.0375. The highest BCUT2D eigenvalue weighted by molar-refractivity contribution is 6.31. The lowest BCUT2D eigenvalue weighted by atomic mass is 10.1. The third-order valence-electron chi connectivity index (χ3n) is 2.91. The fraction of sp³-hybridized carbons (Fsp3) is 0.267. The Morgan fingerprint density at radius 1 is 1.41 bits per heavy atom. The summed E-state index contributed by atoms with van der Waals surface area (Å²) in [5.74, 6) is -1.21. The van der Waals surface area contributed by atoms with Crippen LogP contribution in [-0.4, -0.2) is 23.6 Å². The lowest BCUT2D eigenvalue weighted by Gasteiger charge is -2.15. The largest absolute Gasteiger partial charge is 0.450 e. The van der Waals surface area contributed by atoms with E-state index in [9.17, 15) is 9.59 Å². The van der Waals surface area contributed by atoms with Crippen LogP contribution < -0.4 is 5.32 Å². The van der Waals surface area contributed by atoms with Gasteiger partial charge in [-0.2, -0.15) is 0 Å². The van der Waals surface area contributed by atoms with Crippen molar-refractivity contribution in [2.45, 2.75) is 19.9 Å². The fourth-order valence-electron chi connectivity index (χ4n) is 1.85. The van der Waals surface area contributed by atoms with Crippen LogP contribution in [0.3, 0.4) is 0 Å². The van der Waals surface area contributed by atoms with Crippen molar-refractivity contribution in [3.8, 4) is 0 Å². The molecule has 7 heteroatoms. The second-order valence-electron chi connectivity index (χ2n) is 4.72. The van der Waals surface area contributed by atoms with Gasteiger partial charge in [0, 0.05) is 11.1 Å². The van der Waals surface area contributed by atoms with Crippen LogP contribution in [0.15, 0.2) is 34.9 Å². The summed E-state index contributed by atoms with van der Waals surface area (Å²) in [6.45, 7) is 3.06. The van der Waals surface area contributed by atoms with Crippen molar-refractivity contribution in [3.63, 3.8) is 0 Å². The molecule has 1 heterocycles. The van der Waals surface area contributed by atoms with Crippen molar-refractivity contribution in [1.82, 2.24) is 10.5 Å². The monoisotopic (exact) mass is 322 g/mol. The molecule has 0 radical (unpaired) electrons. The topological polar surface area (TPSA) is 81.4 Å². The van der Waals surface area contributed by atoms with Gasteiger partial charge in [-0.15, -0.1) is 0 Å². The number of aryl methyl sites for hydroxylation is 1. The van der Waals surface area contributed by atoms with E-state index in [1.807, 2.05) is 18.2 Å². The normalized spacial score (nSPS) is 11.8. The Labute approximate surface area is 132 Å². The summed E-state index contributed by atoms with van der Waals surface area (Å²) in [5.41, 5.74) is 1.35. The zero-order valence-corrected chi connectivity index (χ0v) is 12.9. The van der Waals surface area contributed by atoms with Crippen LogP contribution >= 0.6 is 11.6 Å². The van der Waals surface area contributed by atoms with Crippen molar-refractivity contribution in [2.75, 3.05) is 6.61 Å². The minimum atomic E-state index is -0.735. The molecule has 0 bridgehead atoms. The number of nitrogens with zero attached hydrogens (tertiary/aromatic N) is 1. The molecule has 0 fully saturated rings. The molecule has 0 saturated carbocycles. The van der Waals surface area contributed by atoms with E-state index in [1.54, 1.807) is 19.9 Å². The Hall–Kier alpha value is -2.34. The fourth-order valence-corrected chi connectivity index (χ4v) is 2.15. The molecule has 0 aliphatic rings. The molecule has 0 aliphatic heterocycles. The number of ether oxygens (including phenoxy) is 1. The van der Waals surface area contributed by atoms with Crippen molar-refractivity contribution >= 4 is 23.5 Å². The van der Waals surface area contributed by atoms with Gasteiger partial charge in [-0.1, -0.05) is 35.0 Å². The van der Waals surface area contributed by atoms with Gasteiger partial charge < -0.3 is 14.6 Å². The van der Waals surface area contributed by atoms with Gasteiger partial charge in [-0.25, -0.2) is 4.79 Å². The first-order valence-corrected chi connectivity index (χ1v) is 6.99. The van der Waals surface area contributed by atoms with E-state index in [-0.39, 0.29) is 11.8 Å². The standard InChI is InChI=1S/C15H15ClN2O4/c1-9-7-13(22-18-9)15(20)21-8-14(19)17-10(2)11-5-3-4-6-12(11)16/h3-7,10H,8H2,1-2H3,(H,17,19)/t10-/m0/s1. The summed E-state index contributed by atoms with van der Waals surface area (Å²) >= 11 is 6.06. The van der Waals surface area contributed by atoms with E-state index in [4.69, 9.17) is 20.9 Å². The van der Waals surface area contributed by atoms with E-state index in [1.165, 1.54) is 6.07 Å². The maximum absolute atomic E-state index is 11.8. The first kappa shape index (κ1) is 16.0. The summed E-state index contributed by atoms with van der Waals surface area (Å²) in [6.07, 6.45) is 0. The number of amides is 1. The smallest absolute Gasteiger partial charge is 0.377 e. The molecular formula is C15H15ClN2O4. The summed E-state index contributed by atoms with van der Waals surface area (Å²) in [7, 11) is 0. The molecule has 1 amide bonds. The van der Waals surface area contributed by atoms with Crippen LogP contribution in [-0.2, 0) is 9.53 Å². The van der Waals surface area contributed by atoms with Gasteiger partial charge in [-0.3, -0.25) is 4.79 Å². The van der Waals surface area contributed by atoms with Crippen LogP contribution in [0, 0.1) is 6.92 Å². The Morgan fingerprint density at radius 3 is 2.77 bits per heavy atom. The molecule has 0 spiro atoms. The third kappa shape index (κ3) is 4.08. The van der Waals surface area contributed by atoms with Gasteiger partial charge in [0.05, 0.1) is 11.7 Å². The Bertz CT molecular complexity index is 684. The summed E-state index contributed by atoms with van der Waals surface area (Å²) in [5, 5.41) is 6.83. The predicted octanol–water partition coefficient (Wildman–Crippen LogP) is 2.67. The average Bonchev–Trinajstić information content (AvgIpc) is 2.91. The van der Waals surface area contributed by atoms with E-state index in [2.05, 4.69) is 10.5 Å². The molecule has 2 aromatic rings. The average molecular weight is 323 g/mol. The molecule has 2 rings (SSSR count). The van der Waals surface area contributed by atoms with Crippen LogP contribution in [0.25, 0.3) is 0 Å². The summed E-state index contributed by atoms with van der Waals surface area (Å²) < 4.78 is 9.60. The van der Waals surface area contributed by atoms with Gasteiger partial charge in [0.1, 0.15) is 0 Å². The zero-order chi connectivity index (χ0) is 16.1. The second kappa shape index (κ2) is 7.09. The molecule has 1 atom stereocenters. The maximum atomic E-state index is 11.8. The Balaban J connectivity index is 1.85. The molecule has 0 unspecified atom stereocenters. The molecule has 22 heavy (non-hydrogen) atoms. The number of hydrogen-bond acceptors (Lipinski definition) is 5. The number of aromatic nitrogens is 1. The van der Waals surface area contributed by atoms with E-state index in [0.717, 1.165) is 5.56 Å². The number of esters is 1. The van der Waals surface area contributed by atoms with Crippen LogP contribution in [0.2, 0.25) is 5.02 Å². The summed E-state index contributed by atoms with van der Waals surface area (Å²) in [4.78, 5) is 23.4. The van der Waals surface area contributed by atoms with Crippen LogP contribution in [0.4, 0.5) is 0 Å². The quantitative estimate of drug-likeness (QED) is 0.856. The van der Waals surface area contributed by atoms with E-state index >= 15 is 0 Å². The number of benzene rings is 1. The van der Waals surface area contributed by atoms with Crippen molar-refractivity contribution in [2.24, 2.45) is 0 Å². The van der Waals surface area contributed by atoms with E-state index < -0.39 is 18.5 Å². The number of carbonyl (C=O) groups excluding carboxylic acids is 2. The van der Waals surface area contributed by atoms with Gasteiger partial charge in [0.25, 0.3) is 5.91 Å². The zero-order valence-electron chi connectivity index (χ0n) is 12.1. The number of hydrogen-bond donors (Lipinski definition) is 1. The van der Waals surface area contributed by atoms with Crippen LogP contribution in [0.5, 0.6) is 0 Å². The van der Waals surface area contributed by atoms with E-state index in [0.29, 0.717) is 10.7 Å². The minimum Gasteiger partial charge on any atom is -0.450 e. The Morgan fingerprint density at radius 2 is 2.14 bits per heavy atom. The first-order valence-electron chi connectivity index (χ1n) is 6.61. The van der Waals surface area contributed by atoms with Crippen LogP contribution in [0.1, 0.15) is 34.8 Å².